The van der Waals surface area contributed by atoms with E-state index in [1.807, 2.05) is 41.3 Å². The number of aromatic nitrogens is 4. The van der Waals surface area contributed by atoms with Gasteiger partial charge in [0.2, 0.25) is 5.91 Å². The van der Waals surface area contributed by atoms with Crippen molar-refractivity contribution < 1.29 is 14.6 Å². The van der Waals surface area contributed by atoms with Gasteiger partial charge < -0.3 is 20.1 Å². The molecule has 3 fully saturated rings. The van der Waals surface area contributed by atoms with Crippen LogP contribution >= 0.6 is 0 Å². The maximum absolute atomic E-state index is 13.3. The molecule has 4 aromatic rings. The quantitative estimate of drug-likeness (QED) is 0.361. The number of rotatable bonds is 7. The maximum Gasteiger partial charge on any atom is 0.264 e. The summed E-state index contributed by atoms with van der Waals surface area (Å²) in [5.41, 5.74) is 2.13. The van der Waals surface area contributed by atoms with Crippen molar-refractivity contribution >= 4 is 16.9 Å². The van der Waals surface area contributed by atoms with Crippen LogP contribution in [0.15, 0.2) is 65.8 Å². The van der Waals surface area contributed by atoms with Crippen molar-refractivity contribution in [2.24, 2.45) is 5.92 Å². The fraction of sp³-hybridized carbons (Fsp3) is 0.419. The third kappa shape index (κ3) is 5.25. The zero-order valence-corrected chi connectivity index (χ0v) is 22.9. The van der Waals surface area contributed by atoms with Crippen LogP contribution in [0.4, 0.5) is 0 Å². The molecular formula is C31H34N6O4. The Balaban J connectivity index is 1.04. The highest BCUT2D eigenvalue weighted by atomic mass is 16.5. The number of carbonyl (C=O) groups is 1. The number of carbonyl (C=O) groups excluding carboxylic acids is 1. The Morgan fingerprint density at radius 1 is 1.02 bits per heavy atom. The van der Waals surface area contributed by atoms with Gasteiger partial charge in [-0.25, -0.2) is 9.67 Å². The highest BCUT2D eigenvalue weighted by molar-refractivity contribution is 5.81. The summed E-state index contributed by atoms with van der Waals surface area (Å²) in [7, 11) is 0. The van der Waals surface area contributed by atoms with Gasteiger partial charge in [0.1, 0.15) is 23.6 Å². The van der Waals surface area contributed by atoms with Crippen LogP contribution < -0.4 is 15.6 Å². The smallest absolute Gasteiger partial charge is 0.264 e. The second kappa shape index (κ2) is 10.4. The van der Waals surface area contributed by atoms with Crippen LogP contribution in [-0.4, -0.2) is 73.1 Å². The average Bonchev–Trinajstić information content (AvgIpc) is 3.55. The number of ether oxygens (including phenoxy) is 1. The molecule has 2 aromatic heterocycles. The summed E-state index contributed by atoms with van der Waals surface area (Å²) in [5.74, 6) is 1.25. The van der Waals surface area contributed by atoms with E-state index in [1.165, 1.54) is 17.1 Å². The van der Waals surface area contributed by atoms with Gasteiger partial charge >= 0.3 is 0 Å². The van der Waals surface area contributed by atoms with Gasteiger partial charge in [0, 0.05) is 25.6 Å². The van der Waals surface area contributed by atoms with Crippen molar-refractivity contribution in [1.82, 2.24) is 29.5 Å². The summed E-state index contributed by atoms with van der Waals surface area (Å²) in [6, 6.07) is 16.1. The molecule has 2 N–H and O–H groups in total. The fourth-order valence-electron chi connectivity index (χ4n) is 5.90. The van der Waals surface area contributed by atoms with E-state index in [-0.39, 0.29) is 30.0 Å². The highest BCUT2D eigenvalue weighted by Crippen LogP contribution is 2.33. The largest absolute Gasteiger partial charge is 0.489 e. The highest BCUT2D eigenvalue weighted by Gasteiger charge is 2.39. The number of nitrogens with zero attached hydrogens (tertiary/aromatic N) is 5. The van der Waals surface area contributed by atoms with E-state index >= 15 is 0 Å². The van der Waals surface area contributed by atoms with Gasteiger partial charge in [-0.1, -0.05) is 24.3 Å². The van der Waals surface area contributed by atoms with Crippen molar-refractivity contribution in [3.8, 4) is 22.6 Å². The lowest BCUT2D eigenvalue weighted by Gasteiger charge is -2.38. The Labute approximate surface area is 237 Å². The van der Waals surface area contributed by atoms with Crippen LogP contribution in [0, 0.1) is 5.92 Å². The van der Waals surface area contributed by atoms with E-state index in [1.54, 1.807) is 4.68 Å². The van der Waals surface area contributed by atoms with Gasteiger partial charge in [-0.2, -0.15) is 5.10 Å². The Bertz CT molecular complexity index is 1610. The molecule has 10 nitrogen and oxygen atoms in total. The Kier molecular flexibility index (Phi) is 6.59. The standard InChI is InChI=1S/C31H34N6O4/c38-29(23-1-2-23)35-15-12-31(40,13-16-35)19-36-20-33-28-27(30(36)39)18-34-37(28)24-7-3-21(4-8-24)22-5-9-25(10-6-22)41-26-11-14-32-17-26/h3-10,18,20,23,26,32,40H,1-2,11-17,19H2. The molecule has 212 valence electrons. The third-order valence-electron chi connectivity index (χ3n) is 8.57. The van der Waals surface area contributed by atoms with Crippen molar-refractivity contribution in [3.05, 3.63) is 71.4 Å². The molecule has 1 saturated carbocycles. The second-order valence-corrected chi connectivity index (χ2v) is 11.6. The first-order valence-electron chi connectivity index (χ1n) is 14.5. The Morgan fingerprint density at radius 3 is 2.39 bits per heavy atom. The average molecular weight is 555 g/mol. The van der Waals surface area contributed by atoms with Crippen LogP contribution in [-0.2, 0) is 11.3 Å². The first-order valence-corrected chi connectivity index (χ1v) is 14.5. The predicted molar refractivity (Wildman–Crippen MR) is 154 cm³/mol. The molecule has 1 aliphatic carbocycles. The molecule has 10 heteroatoms. The molecule has 7 rings (SSSR count). The number of benzene rings is 2. The third-order valence-corrected chi connectivity index (χ3v) is 8.57. The van der Waals surface area contributed by atoms with Gasteiger partial charge in [-0.05, 0) is 74.0 Å². The molecule has 3 aliphatic rings. The molecule has 0 spiro atoms. The van der Waals surface area contributed by atoms with E-state index in [2.05, 4.69) is 27.5 Å². The lowest BCUT2D eigenvalue weighted by molar-refractivity contribution is -0.137. The molecule has 0 bridgehead atoms. The molecule has 2 aliphatic heterocycles. The van der Waals surface area contributed by atoms with Crippen LogP contribution in [0.1, 0.15) is 32.1 Å². The number of hydrogen-bond donors (Lipinski definition) is 2. The molecule has 2 aromatic carbocycles. The van der Waals surface area contributed by atoms with Gasteiger partial charge in [-0.3, -0.25) is 14.2 Å². The molecule has 1 amide bonds. The van der Waals surface area contributed by atoms with Gasteiger partial charge in [0.15, 0.2) is 5.65 Å². The fourth-order valence-corrected chi connectivity index (χ4v) is 5.90. The zero-order valence-electron chi connectivity index (χ0n) is 22.9. The second-order valence-electron chi connectivity index (χ2n) is 11.6. The lowest BCUT2D eigenvalue weighted by atomic mass is 9.91. The molecule has 0 radical (unpaired) electrons. The number of amides is 1. The monoisotopic (exact) mass is 554 g/mol. The minimum Gasteiger partial charge on any atom is -0.489 e. The SMILES string of the molecule is O=C(C1CC1)N1CCC(O)(Cn2cnc3c(cnn3-c3ccc(-c4ccc(OC5CCNC5)cc4)cc3)c2=O)CC1. The zero-order chi connectivity index (χ0) is 28.0. The van der Waals surface area contributed by atoms with E-state index in [9.17, 15) is 14.7 Å². The summed E-state index contributed by atoms with van der Waals surface area (Å²) < 4.78 is 9.15. The van der Waals surface area contributed by atoms with Crippen molar-refractivity contribution in [2.75, 3.05) is 26.2 Å². The first kappa shape index (κ1) is 25.9. The van der Waals surface area contributed by atoms with E-state index in [4.69, 9.17) is 4.74 Å². The van der Waals surface area contributed by atoms with E-state index in [0.29, 0.717) is 37.0 Å². The summed E-state index contributed by atoms with van der Waals surface area (Å²) in [6.07, 6.45) is 7.11. The molecular weight excluding hydrogens is 520 g/mol. The Morgan fingerprint density at radius 2 is 1.73 bits per heavy atom. The minimum atomic E-state index is -1.05. The molecule has 1 unspecified atom stereocenters. The number of fused-ring (bicyclic) bond motifs is 1. The van der Waals surface area contributed by atoms with Crippen LogP contribution in [0.2, 0.25) is 0 Å². The number of aliphatic hydroxyl groups is 1. The number of piperidine rings is 1. The molecule has 1 atom stereocenters. The number of nitrogens with one attached hydrogen (secondary N) is 1. The van der Waals surface area contributed by atoms with Gasteiger partial charge in [-0.15, -0.1) is 0 Å². The maximum atomic E-state index is 13.3. The summed E-state index contributed by atoms with van der Waals surface area (Å²) in [4.78, 5) is 32.1. The molecule has 2 saturated heterocycles. The summed E-state index contributed by atoms with van der Waals surface area (Å²) in [6.45, 7) is 3.06. The topological polar surface area (TPSA) is 115 Å². The summed E-state index contributed by atoms with van der Waals surface area (Å²) in [5, 5.41) is 19.4. The van der Waals surface area contributed by atoms with Crippen molar-refractivity contribution in [2.45, 2.75) is 50.4 Å². The van der Waals surface area contributed by atoms with Crippen LogP contribution in [0.5, 0.6) is 5.75 Å². The number of hydrogen-bond acceptors (Lipinski definition) is 7. The van der Waals surface area contributed by atoms with Gasteiger partial charge in [0.05, 0.1) is 24.0 Å². The summed E-state index contributed by atoms with van der Waals surface area (Å²) >= 11 is 0. The predicted octanol–water partition coefficient (Wildman–Crippen LogP) is 2.75. The van der Waals surface area contributed by atoms with Crippen molar-refractivity contribution in [3.63, 3.8) is 0 Å². The van der Waals surface area contributed by atoms with E-state index < -0.39 is 5.60 Å². The van der Waals surface area contributed by atoms with Gasteiger partial charge in [0.25, 0.3) is 5.56 Å². The minimum absolute atomic E-state index is 0.140. The number of likely N-dealkylation sites (tertiary alicyclic amines) is 1. The Hall–Kier alpha value is -4.02. The molecule has 4 heterocycles. The normalized spacial score (nSPS) is 20.4. The van der Waals surface area contributed by atoms with E-state index in [0.717, 1.165) is 54.9 Å². The van der Waals surface area contributed by atoms with Crippen molar-refractivity contribution in [1.29, 1.82) is 0 Å². The first-order chi connectivity index (χ1) is 20.0. The lowest BCUT2D eigenvalue weighted by Crippen LogP contribution is -2.50. The van der Waals surface area contributed by atoms with Crippen LogP contribution in [0.25, 0.3) is 27.8 Å². The molecule has 41 heavy (non-hydrogen) atoms. The van der Waals surface area contributed by atoms with Crippen LogP contribution in [0.3, 0.4) is 0 Å².